The van der Waals surface area contributed by atoms with Crippen LogP contribution in [0.5, 0.6) is 0 Å². The van der Waals surface area contributed by atoms with E-state index in [2.05, 4.69) is 108 Å². The third kappa shape index (κ3) is 4.93. The molecule has 0 fully saturated rings. The second-order valence-electron chi connectivity index (χ2n) is 11.7. The number of aromatic nitrogens is 3. The van der Waals surface area contributed by atoms with Crippen molar-refractivity contribution in [2.24, 2.45) is 0 Å². The Kier molecular flexibility index (Phi) is 6.43. The molecule has 0 N–H and O–H groups in total. The summed E-state index contributed by atoms with van der Waals surface area (Å²) in [7, 11) is 0. The van der Waals surface area contributed by atoms with Gasteiger partial charge in [-0.05, 0) is 87.6 Å². The van der Waals surface area contributed by atoms with Crippen molar-refractivity contribution in [2.45, 2.75) is 0 Å². The average Bonchev–Trinajstić information content (AvgIpc) is 3.54. The van der Waals surface area contributed by atoms with E-state index in [9.17, 15) is 0 Å². The Bertz CT molecular complexity index is 2570. The maximum atomic E-state index is 6.45. The molecule has 0 radical (unpaired) electrons. The van der Waals surface area contributed by atoms with Gasteiger partial charge in [-0.3, -0.25) is 4.98 Å². The van der Waals surface area contributed by atoms with Crippen molar-refractivity contribution in [3.63, 3.8) is 0 Å². The highest BCUT2D eigenvalue weighted by atomic mass is 16.3. The summed E-state index contributed by atoms with van der Waals surface area (Å²) in [6, 6.07) is 52.6. The Morgan fingerprint density at radius 3 is 1.98 bits per heavy atom. The molecule has 0 unspecified atom stereocenters. The highest BCUT2D eigenvalue weighted by Gasteiger charge is 2.17. The zero-order chi connectivity index (χ0) is 31.2. The number of rotatable bonds is 5. The standard InChI is InChI=1S/C43H27N3O/c1-2-10-30(11-3-1)43-45-39(27-40(46-43)38-15-8-14-37-36-13-6-7-16-41(36)47-42(37)38)35-25-33(29-19-21-44-22-20-29)24-34(26-35)32-18-17-28-9-4-5-12-31(28)23-32/h1-27H. The van der Waals surface area contributed by atoms with E-state index >= 15 is 0 Å². The van der Waals surface area contributed by atoms with Crippen molar-refractivity contribution in [3.05, 3.63) is 164 Å². The summed E-state index contributed by atoms with van der Waals surface area (Å²) in [5, 5.41) is 4.58. The van der Waals surface area contributed by atoms with Gasteiger partial charge in [-0.2, -0.15) is 0 Å². The lowest BCUT2D eigenvalue weighted by Gasteiger charge is -2.13. The van der Waals surface area contributed by atoms with Crippen molar-refractivity contribution < 1.29 is 4.42 Å². The molecule has 6 aromatic carbocycles. The van der Waals surface area contributed by atoms with Crippen LogP contribution in [-0.2, 0) is 0 Å². The van der Waals surface area contributed by atoms with Crippen LogP contribution in [-0.4, -0.2) is 15.0 Å². The van der Waals surface area contributed by atoms with Crippen molar-refractivity contribution in [1.82, 2.24) is 15.0 Å². The molecule has 0 amide bonds. The van der Waals surface area contributed by atoms with E-state index in [1.165, 1.54) is 10.8 Å². The Morgan fingerprint density at radius 2 is 1.11 bits per heavy atom. The molecule has 4 nitrogen and oxygen atoms in total. The lowest BCUT2D eigenvalue weighted by Crippen LogP contribution is -1.97. The first-order valence-electron chi connectivity index (χ1n) is 15.7. The molecule has 0 aliphatic rings. The molecule has 47 heavy (non-hydrogen) atoms. The minimum atomic E-state index is 0.660. The SMILES string of the molecule is c1ccc(-c2nc(-c3cc(-c4ccncc4)cc(-c4ccc5ccccc5c4)c3)cc(-c3cccc4c3oc3ccccc34)n2)cc1. The van der Waals surface area contributed by atoms with Gasteiger partial charge in [0.2, 0.25) is 0 Å². The highest BCUT2D eigenvalue weighted by molar-refractivity contribution is 6.09. The van der Waals surface area contributed by atoms with Gasteiger partial charge < -0.3 is 4.42 Å². The third-order valence-corrected chi connectivity index (χ3v) is 8.76. The molecule has 3 heterocycles. The van der Waals surface area contributed by atoms with Crippen molar-refractivity contribution in [3.8, 4) is 56.2 Å². The van der Waals surface area contributed by atoms with Crippen LogP contribution >= 0.6 is 0 Å². The Morgan fingerprint density at radius 1 is 0.404 bits per heavy atom. The molecule has 3 aromatic heterocycles. The maximum Gasteiger partial charge on any atom is 0.160 e. The van der Waals surface area contributed by atoms with E-state index < -0.39 is 0 Å². The summed E-state index contributed by atoms with van der Waals surface area (Å²) in [6.45, 7) is 0. The van der Waals surface area contributed by atoms with Gasteiger partial charge in [0.15, 0.2) is 5.82 Å². The minimum absolute atomic E-state index is 0.660. The van der Waals surface area contributed by atoms with Gasteiger partial charge in [-0.15, -0.1) is 0 Å². The second-order valence-corrected chi connectivity index (χ2v) is 11.7. The fourth-order valence-corrected chi connectivity index (χ4v) is 6.42. The largest absolute Gasteiger partial charge is 0.455 e. The van der Waals surface area contributed by atoms with Crippen LogP contribution in [0.2, 0.25) is 0 Å². The normalized spacial score (nSPS) is 11.4. The zero-order valence-electron chi connectivity index (χ0n) is 25.3. The van der Waals surface area contributed by atoms with Crippen LogP contribution in [0.3, 0.4) is 0 Å². The summed E-state index contributed by atoms with van der Waals surface area (Å²) in [5.74, 6) is 0.660. The van der Waals surface area contributed by atoms with Gasteiger partial charge >= 0.3 is 0 Å². The maximum absolute atomic E-state index is 6.45. The number of benzene rings is 6. The number of hydrogen-bond donors (Lipinski definition) is 0. The molecule has 4 heteroatoms. The molecule has 0 bridgehead atoms. The summed E-state index contributed by atoms with van der Waals surface area (Å²) in [6.07, 6.45) is 3.67. The average molecular weight is 602 g/mol. The molecule has 0 spiro atoms. The van der Waals surface area contributed by atoms with Crippen LogP contribution in [0, 0.1) is 0 Å². The Balaban J connectivity index is 1.29. The molecule has 9 aromatic rings. The molecular formula is C43H27N3O. The van der Waals surface area contributed by atoms with Crippen LogP contribution in [0.25, 0.3) is 88.9 Å². The minimum Gasteiger partial charge on any atom is -0.455 e. The van der Waals surface area contributed by atoms with Crippen LogP contribution in [0.15, 0.2) is 168 Å². The fraction of sp³-hybridized carbons (Fsp3) is 0. The van der Waals surface area contributed by atoms with Crippen LogP contribution < -0.4 is 0 Å². The summed E-state index contributed by atoms with van der Waals surface area (Å²) in [5.41, 5.74) is 10.6. The first-order valence-corrected chi connectivity index (χ1v) is 15.7. The number of fused-ring (bicyclic) bond motifs is 4. The van der Waals surface area contributed by atoms with E-state index in [0.29, 0.717) is 5.82 Å². The lowest BCUT2D eigenvalue weighted by molar-refractivity contribution is 0.670. The molecule has 220 valence electrons. The smallest absolute Gasteiger partial charge is 0.160 e. The Labute approximate surface area is 271 Å². The number of para-hydroxylation sites is 2. The molecule has 0 saturated heterocycles. The van der Waals surface area contributed by atoms with Gasteiger partial charge in [-0.25, -0.2) is 9.97 Å². The number of nitrogens with zero attached hydrogens (tertiary/aromatic N) is 3. The lowest BCUT2D eigenvalue weighted by atomic mass is 9.93. The van der Waals surface area contributed by atoms with Crippen molar-refractivity contribution >= 4 is 32.7 Å². The van der Waals surface area contributed by atoms with E-state index in [-0.39, 0.29) is 0 Å². The summed E-state index contributed by atoms with van der Waals surface area (Å²) >= 11 is 0. The van der Waals surface area contributed by atoms with Crippen molar-refractivity contribution in [1.29, 1.82) is 0 Å². The fourth-order valence-electron chi connectivity index (χ4n) is 6.42. The molecular weight excluding hydrogens is 574 g/mol. The van der Waals surface area contributed by atoms with E-state index in [0.717, 1.165) is 72.3 Å². The first-order chi connectivity index (χ1) is 23.3. The van der Waals surface area contributed by atoms with Gasteiger partial charge in [0, 0.05) is 39.9 Å². The second kappa shape index (κ2) is 11.2. The quantitative estimate of drug-likeness (QED) is 0.197. The van der Waals surface area contributed by atoms with Gasteiger partial charge in [0.25, 0.3) is 0 Å². The van der Waals surface area contributed by atoms with Gasteiger partial charge in [0.1, 0.15) is 11.2 Å². The van der Waals surface area contributed by atoms with E-state index in [1.807, 2.05) is 60.9 Å². The highest BCUT2D eigenvalue weighted by Crippen LogP contribution is 2.38. The van der Waals surface area contributed by atoms with Crippen LogP contribution in [0.1, 0.15) is 0 Å². The first kappa shape index (κ1) is 27.0. The number of hydrogen-bond acceptors (Lipinski definition) is 4. The number of pyridine rings is 1. The predicted octanol–water partition coefficient (Wildman–Crippen LogP) is 11.3. The Hall–Kier alpha value is -6.39. The number of furan rings is 1. The molecule has 0 aliphatic carbocycles. The van der Waals surface area contributed by atoms with E-state index in [1.54, 1.807) is 0 Å². The molecule has 0 saturated carbocycles. The zero-order valence-corrected chi connectivity index (χ0v) is 25.3. The summed E-state index contributed by atoms with van der Waals surface area (Å²) in [4.78, 5) is 14.6. The molecule has 0 aliphatic heterocycles. The molecule has 0 atom stereocenters. The summed E-state index contributed by atoms with van der Waals surface area (Å²) < 4.78 is 6.45. The molecule has 9 rings (SSSR count). The predicted molar refractivity (Wildman–Crippen MR) is 192 cm³/mol. The van der Waals surface area contributed by atoms with E-state index in [4.69, 9.17) is 14.4 Å². The monoisotopic (exact) mass is 601 g/mol. The topological polar surface area (TPSA) is 51.8 Å². The van der Waals surface area contributed by atoms with Gasteiger partial charge in [-0.1, -0.05) is 97.1 Å². The van der Waals surface area contributed by atoms with Gasteiger partial charge in [0.05, 0.1) is 11.4 Å². The third-order valence-electron chi connectivity index (χ3n) is 8.76. The van der Waals surface area contributed by atoms with Crippen molar-refractivity contribution in [2.75, 3.05) is 0 Å². The van der Waals surface area contributed by atoms with Crippen LogP contribution in [0.4, 0.5) is 0 Å².